The molecule has 1 aromatic heterocycles. The monoisotopic (exact) mass is 214 g/mol. The van der Waals surface area contributed by atoms with E-state index in [0.29, 0.717) is 5.16 Å². The van der Waals surface area contributed by atoms with Crippen molar-refractivity contribution in [2.45, 2.75) is 23.2 Å². The summed E-state index contributed by atoms with van der Waals surface area (Å²) < 4.78 is 1.24. The van der Waals surface area contributed by atoms with Crippen LogP contribution in [0.4, 0.5) is 0 Å². The van der Waals surface area contributed by atoms with Gasteiger partial charge in [0, 0.05) is 0 Å². The topological polar surface area (TPSA) is 94.0 Å². The number of hydrogen-bond acceptors (Lipinski definition) is 5. The van der Waals surface area contributed by atoms with E-state index in [9.17, 15) is 4.79 Å². The van der Waals surface area contributed by atoms with Crippen molar-refractivity contribution in [1.29, 1.82) is 0 Å². The number of aromatic nitrogens is 3. The molecule has 1 fully saturated rings. The van der Waals surface area contributed by atoms with Crippen molar-refractivity contribution in [2.75, 3.05) is 5.84 Å². The van der Waals surface area contributed by atoms with Crippen LogP contribution in [0.1, 0.15) is 12.8 Å². The van der Waals surface area contributed by atoms with Crippen molar-refractivity contribution in [3.8, 4) is 0 Å². The van der Waals surface area contributed by atoms with Crippen LogP contribution in [-0.4, -0.2) is 31.2 Å². The van der Waals surface area contributed by atoms with Gasteiger partial charge in [0.05, 0.1) is 0 Å². The van der Waals surface area contributed by atoms with Crippen molar-refractivity contribution in [3.05, 3.63) is 6.33 Å². The molecule has 2 rings (SSSR count). The Morgan fingerprint density at radius 3 is 2.93 bits per heavy atom. The molecule has 0 bridgehead atoms. The molecule has 1 heterocycles. The van der Waals surface area contributed by atoms with E-state index in [1.165, 1.54) is 22.8 Å². The van der Waals surface area contributed by atoms with E-state index in [-0.39, 0.29) is 5.92 Å². The summed E-state index contributed by atoms with van der Waals surface area (Å²) in [5.41, 5.74) is 0. The molecule has 0 saturated heterocycles. The normalized spacial score (nSPS) is 18.0. The van der Waals surface area contributed by atoms with Gasteiger partial charge in [0.2, 0.25) is 5.16 Å². The molecular weight excluding hydrogens is 204 g/mol. The van der Waals surface area contributed by atoms with Crippen LogP contribution in [0.2, 0.25) is 0 Å². The Labute approximate surface area is 84.5 Å². The van der Waals surface area contributed by atoms with Gasteiger partial charge in [-0.2, -0.15) is 0 Å². The summed E-state index contributed by atoms with van der Waals surface area (Å²) in [7, 11) is 0. The molecule has 1 aliphatic carbocycles. The van der Waals surface area contributed by atoms with Crippen LogP contribution in [0, 0.1) is 5.92 Å². The molecule has 1 atom stereocenters. The number of hydrogen-bond donors (Lipinski definition) is 2. The number of rotatable bonds is 4. The SMILES string of the molecule is Nn1cnnc1SC(C(=O)O)C1CC1. The van der Waals surface area contributed by atoms with Crippen molar-refractivity contribution < 1.29 is 9.90 Å². The highest BCUT2D eigenvalue weighted by molar-refractivity contribution is 8.00. The minimum atomic E-state index is -0.805. The fourth-order valence-corrected chi connectivity index (χ4v) is 2.23. The van der Waals surface area contributed by atoms with Crippen molar-refractivity contribution >= 4 is 17.7 Å². The Hall–Kier alpha value is -1.24. The largest absolute Gasteiger partial charge is 0.480 e. The molecule has 7 heteroatoms. The summed E-state index contributed by atoms with van der Waals surface area (Å²) >= 11 is 1.17. The predicted octanol–water partition coefficient (Wildman–Crippen LogP) is -0.0528. The summed E-state index contributed by atoms with van der Waals surface area (Å²) in [5, 5.41) is 16.3. The lowest BCUT2D eigenvalue weighted by Gasteiger charge is -2.08. The summed E-state index contributed by atoms with van der Waals surface area (Å²) in [6.45, 7) is 0. The van der Waals surface area contributed by atoms with E-state index in [1.54, 1.807) is 0 Å². The molecule has 0 radical (unpaired) electrons. The first-order valence-corrected chi connectivity index (χ1v) is 5.11. The van der Waals surface area contributed by atoms with Gasteiger partial charge in [-0.3, -0.25) is 4.79 Å². The van der Waals surface area contributed by atoms with Crippen LogP contribution in [0.15, 0.2) is 11.5 Å². The molecule has 0 amide bonds. The first kappa shape index (κ1) is 9.32. The lowest BCUT2D eigenvalue weighted by Crippen LogP contribution is -2.20. The second-order valence-corrected chi connectivity index (χ2v) is 4.34. The summed E-state index contributed by atoms with van der Waals surface area (Å²) in [6, 6.07) is 0. The molecule has 1 unspecified atom stereocenters. The minimum Gasteiger partial charge on any atom is -0.480 e. The van der Waals surface area contributed by atoms with Gasteiger partial charge >= 0.3 is 5.97 Å². The van der Waals surface area contributed by atoms with E-state index < -0.39 is 11.2 Å². The summed E-state index contributed by atoms with van der Waals surface area (Å²) in [5.74, 6) is 4.94. The van der Waals surface area contributed by atoms with Crippen LogP contribution >= 0.6 is 11.8 Å². The van der Waals surface area contributed by atoms with E-state index in [1.807, 2.05) is 0 Å². The zero-order valence-corrected chi connectivity index (χ0v) is 8.15. The first-order valence-electron chi connectivity index (χ1n) is 4.23. The Kier molecular flexibility index (Phi) is 2.32. The number of thioether (sulfide) groups is 1. The number of carbonyl (C=O) groups is 1. The predicted molar refractivity (Wildman–Crippen MR) is 50.2 cm³/mol. The zero-order valence-electron chi connectivity index (χ0n) is 7.33. The van der Waals surface area contributed by atoms with E-state index in [2.05, 4.69) is 10.2 Å². The molecule has 76 valence electrons. The summed E-state index contributed by atoms with van der Waals surface area (Å²) in [4.78, 5) is 10.9. The highest BCUT2D eigenvalue weighted by atomic mass is 32.2. The standard InChI is InChI=1S/C7H10N4O2S/c8-11-3-9-10-7(11)14-5(6(12)13)4-1-2-4/h3-5H,1-2,8H2,(H,12,13). The third-order valence-electron chi connectivity index (χ3n) is 2.07. The molecule has 14 heavy (non-hydrogen) atoms. The maximum Gasteiger partial charge on any atom is 0.317 e. The van der Waals surface area contributed by atoms with Gasteiger partial charge in [-0.1, -0.05) is 11.8 Å². The van der Waals surface area contributed by atoms with Crippen LogP contribution in [0.3, 0.4) is 0 Å². The number of aliphatic carboxylic acids is 1. The minimum absolute atomic E-state index is 0.259. The Morgan fingerprint density at radius 2 is 2.50 bits per heavy atom. The lowest BCUT2D eigenvalue weighted by molar-refractivity contribution is -0.136. The Morgan fingerprint density at radius 1 is 1.79 bits per heavy atom. The maximum atomic E-state index is 10.9. The molecule has 0 aliphatic heterocycles. The second-order valence-electron chi connectivity index (χ2n) is 3.23. The van der Waals surface area contributed by atoms with E-state index in [4.69, 9.17) is 10.9 Å². The quantitative estimate of drug-likeness (QED) is 0.539. The zero-order chi connectivity index (χ0) is 10.1. The third-order valence-corrected chi connectivity index (χ3v) is 3.41. The summed E-state index contributed by atoms with van der Waals surface area (Å²) in [6.07, 6.45) is 3.31. The average molecular weight is 214 g/mol. The number of carboxylic acids is 1. The molecular formula is C7H10N4O2S. The number of nitrogens with zero attached hydrogens (tertiary/aromatic N) is 3. The number of nitrogens with two attached hydrogens (primary N) is 1. The van der Waals surface area contributed by atoms with Crippen LogP contribution in [-0.2, 0) is 4.79 Å². The van der Waals surface area contributed by atoms with Gasteiger partial charge < -0.3 is 10.9 Å². The highest BCUT2D eigenvalue weighted by Gasteiger charge is 2.37. The maximum absolute atomic E-state index is 10.9. The van der Waals surface area contributed by atoms with Gasteiger partial charge in [-0.15, -0.1) is 10.2 Å². The first-order chi connectivity index (χ1) is 6.68. The number of nitrogen functional groups attached to an aromatic ring is 1. The smallest absolute Gasteiger partial charge is 0.317 e. The number of carboxylic acid groups (broad SMARTS) is 1. The highest BCUT2D eigenvalue weighted by Crippen LogP contribution is 2.40. The molecule has 0 spiro atoms. The third kappa shape index (κ3) is 1.82. The lowest BCUT2D eigenvalue weighted by atomic mass is 10.3. The van der Waals surface area contributed by atoms with Crippen molar-refractivity contribution in [1.82, 2.24) is 14.9 Å². The van der Waals surface area contributed by atoms with Gasteiger partial charge in [-0.05, 0) is 18.8 Å². The van der Waals surface area contributed by atoms with Crippen LogP contribution in [0.5, 0.6) is 0 Å². The Bertz CT molecular complexity index is 349. The molecule has 1 aromatic rings. The van der Waals surface area contributed by atoms with Gasteiger partial charge in [0.15, 0.2) is 0 Å². The van der Waals surface area contributed by atoms with E-state index >= 15 is 0 Å². The molecule has 1 aliphatic rings. The van der Waals surface area contributed by atoms with Crippen LogP contribution < -0.4 is 5.84 Å². The fraction of sp³-hybridized carbons (Fsp3) is 0.571. The van der Waals surface area contributed by atoms with E-state index in [0.717, 1.165) is 12.8 Å². The molecule has 3 N–H and O–H groups in total. The van der Waals surface area contributed by atoms with Gasteiger partial charge in [-0.25, -0.2) is 4.68 Å². The van der Waals surface area contributed by atoms with Crippen molar-refractivity contribution in [2.24, 2.45) is 5.92 Å². The molecule has 6 nitrogen and oxygen atoms in total. The fourth-order valence-electron chi connectivity index (χ4n) is 1.18. The molecule has 0 aromatic carbocycles. The van der Waals surface area contributed by atoms with Crippen molar-refractivity contribution in [3.63, 3.8) is 0 Å². The average Bonchev–Trinajstić information content (AvgIpc) is 2.87. The van der Waals surface area contributed by atoms with Crippen LogP contribution in [0.25, 0.3) is 0 Å². The van der Waals surface area contributed by atoms with Gasteiger partial charge in [0.1, 0.15) is 11.6 Å². The molecule has 1 saturated carbocycles. The second kappa shape index (κ2) is 3.49. The Balaban J connectivity index is 2.07. The van der Waals surface area contributed by atoms with Gasteiger partial charge in [0.25, 0.3) is 0 Å².